The lowest BCUT2D eigenvalue weighted by atomic mass is 9.99. The van der Waals surface area contributed by atoms with Crippen LogP contribution in [0.5, 0.6) is 0 Å². The van der Waals surface area contributed by atoms with Crippen LogP contribution in [-0.2, 0) is 0 Å². The van der Waals surface area contributed by atoms with Crippen LogP contribution in [0.3, 0.4) is 0 Å². The number of piperidine rings is 1. The summed E-state index contributed by atoms with van der Waals surface area (Å²) in [7, 11) is 0. The van der Waals surface area contributed by atoms with Gasteiger partial charge in [-0.3, -0.25) is 4.68 Å². The van der Waals surface area contributed by atoms with Gasteiger partial charge in [0.25, 0.3) is 0 Å². The third kappa shape index (κ3) is 2.50. The van der Waals surface area contributed by atoms with Gasteiger partial charge in [0, 0.05) is 18.3 Å². The van der Waals surface area contributed by atoms with Gasteiger partial charge in [-0.05, 0) is 51.3 Å². The van der Waals surface area contributed by atoms with E-state index in [2.05, 4.69) is 55.2 Å². The SMILES string of the molecule is Cc1ccc(-c2cn(C3CCCNC3)nc2C)c(C)c1. The van der Waals surface area contributed by atoms with Crippen LogP contribution in [-0.4, -0.2) is 22.9 Å². The van der Waals surface area contributed by atoms with Crippen LogP contribution in [0.1, 0.15) is 35.7 Å². The van der Waals surface area contributed by atoms with Crippen molar-refractivity contribution in [1.82, 2.24) is 15.1 Å². The van der Waals surface area contributed by atoms with E-state index in [-0.39, 0.29) is 0 Å². The minimum atomic E-state index is 0.502. The third-order valence-electron chi connectivity index (χ3n) is 4.23. The van der Waals surface area contributed by atoms with E-state index < -0.39 is 0 Å². The molecule has 0 amide bonds. The molecule has 1 aromatic carbocycles. The van der Waals surface area contributed by atoms with Crippen molar-refractivity contribution in [2.45, 2.75) is 39.7 Å². The van der Waals surface area contributed by atoms with E-state index in [4.69, 9.17) is 5.10 Å². The average Bonchev–Trinajstić information content (AvgIpc) is 2.82. The first-order chi connectivity index (χ1) is 9.65. The topological polar surface area (TPSA) is 29.9 Å². The summed E-state index contributed by atoms with van der Waals surface area (Å²) in [6.07, 6.45) is 4.69. The molecule has 2 heterocycles. The van der Waals surface area contributed by atoms with Gasteiger partial charge in [0.1, 0.15) is 0 Å². The predicted octanol–water partition coefficient (Wildman–Crippen LogP) is 3.40. The van der Waals surface area contributed by atoms with Crippen molar-refractivity contribution in [2.24, 2.45) is 0 Å². The van der Waals surface area contributed by atoms with Crippen LogP contribution >= 0.6 is 0 Å². The Hall–Kier alpha value is -1.61. The van der Waals surface area contributed by atoms with Gasteiger partial charge >= 0.3 is 0 Å². The number of rotatable bonds is 2. The first-order valence-electron chi connectivity index (χ1n) is 7.49. The Bertz CT molecular complexity index is 607. The fraction of sp³-hybridized carbons (Fsp3) is 0.471. The summed E-state index contributed by atoms with van der Waals surface area (Å²) in [4.78, 5) is 0. The Morgan fingerprint density at radius 3 is 2.75 bits per heavy atom. The van der Waals surface area contributed by atoms with E-state index in [1.165, 1.54) is 35.1 Å². The van der Waals surface area contributed by atoms with E-state index in [1.807, 2.05) is 0 Å². The molecule has 1 unspecified atom stereocenters. The number of aromatic nitrogens is 2. The second-order valence-corrected chi connectivity index (χ2v) is 5.93. The number of nitrogens with zero attached hydrogens (tertiary/aromatic N) is 2. The average molecular weight is 269 g/mol. The van der Waals surface area contributed by atoms with Crippen LogP contribution < -0.4 is 5.32 Å². The fourth-order valence-electron chi connectivity index (χ4n) is 3.11. The summed E-state index contributed by atoms with van der Waals surface area (Å²) in [6, 6.07) is 7.15. The van der Waals surface area contributed by atoms with Crippen molar-refractivity contribution in [3.8, 4) is 11.1 Å². The molecule has 1 N–H and O–H groups in total. The maximum atomic E-state index is 4.75. The van der Waals surface area contributed by atoms with Crippen molar-refractivity contribution in [2.75, 3.05) is 13.1 Å². The molecule has 0 bridgehead atoms. The molecule has 0 spiro atoms. The molecule has 1 aliphatic heterocycles. The molecule has 1 fully saturated rings. The highest BCUT2D eigenvalue weighted by atomic mass is 15.3. The van der Waals surface area contributed by atoms with Gasteiger partial charge in [-0.25, -0.2) is 0 Å². The lowest BCUT2D eigenvalue weighted by Gasteiger charge is -2.22. The smallest absolute Gasteiger partial charge is 0.0672 e. The van der Waals surface area contributed by atoms with Gasteiger partial charge in [-0.2, -0.15) is 5.10 Å². The zero-order chi connectivity index (χ0) is 14.1. The van der Waals surface area contributed by atoms with Crippen LogP contribution in [0.15, 0.2) is 24.4 Å². The number of nitrogens with one attached hydrogen (secondary N) is 1. The van der Waals surface area contributed by atoms with Gasteiger partial charge < -0.3 is 5.32 Å². The maximum absolute atomic E-state index is 4.75. The Labute approximate surface area is 121 Å². The van der Waals surface area contributed by atoms with Gasteiger partial charge in [-0.1, -0.05) is 23.8 Å². The molecule has 0 saturated carbocycles. The molecule has 3 rings (SSSR count). The lowest BCUT2D eigenvalue weighted by Crippen LogP contribution is -2.31. The zero-order valence-electron chi connectivity index (χ0n) is 12.6. The standard InChI is InChI=1S/C17H23N3/c1-12-6-7-16(13(2)9-12)17-11-20(19-14(17)3)15-5-4-8-18-10-15/h6-7,9,11,15,18H,4-5,8,10H2,1-3H3. The number of hydrogen-bond acceptors (Lipinski definition) is 2. The lowest BCUT2D eigenvalue weighted by molar-refractivity contribution is 0.346. The van der Waals surface area contributed by atoms with E-state index >= 15 is 0 Å². The van der Waals surface area contributed by atoms with Crippen LogP contribution in [0.2, 0.25) is 0 Å². The third-order valence-corrected chi connectivity index (χ3v) is 4.23. The van der Waals surface area contributed by atoms with E-state index in [0.29, 0.717) is 6.04 Å². The minimum absolute atomic E-state index is 0.502. The summed E-state index contributed by atoms with van der Waals surface area (Å²) in [5.74, 6) is 0. The molecule has 1 saturated heterocycles. The summed E-state index contributed by atoms with van der Waals surface area (Å²) in [5, 5.41) is 8.21. The van der Waals surface area contributed by atoms with Crippen LogP contribution in [0.25, 0.3) is 11.1 Å². The number of benzene rings is 1. The number of hydrogen-bond donors (Lipinski definition) is 1. The Kier molecular flexibility index (Phi) is 3.62. The molecular formula is C17H23N3. The molecule has 1 aromatic heterocycles. The van der Waals surface area contributed by atoms with Crippen molar-refractivity contribution < 1.29 is 0 Å². The second-order valence-electron chi connectivity index (χ2n) is 5.93. The Morgan fingerprint density at radius 1 is 1.20 bits per heavy atom. The summed E-state index contributed by atoms with van der Waals surface area (Å²) in [5.41, 5.74) is 6.35. The molecule has 20 heavy (non-hydrogen) atoms. The molecule has 1 atom stereocenters. The molecule has 2 aromatic rings. The number of aryl methyl sites for hydroxylation is 3. The van der Waals surface area contributed by atoms with Crippen molar-refractivity contribution in [1.29, 1.82) is 0 Å². The second kappa shape index (κ2) is 5.41. The van der Waals surface area contributed by atoms with Gasteiger partial charge in [-0.15, -0.1) is 0 Å². The Morgan fingerprint density at radius 2 is 2.05 bits per heavy atom. The molecule has 106 valence electrons. The summed E-state index contributed by atoms with van der Waals surface area (Å²) in [6.45, 7) is 8.61. The highest BCUT2D eigenvalue weighted by molar-refractivity contribution is 5.69. The largest absolute Gasteiger partial charge is 0.315 e. The van der Waals surface area contributed by atoms with E-state index in [9.17, 15) is 0 Å². The quantitative estimate of drug-likeness (QED) is 0.905. The molecule has 3 heteroatoms. The molecule has 1 aliphatic rings. The van der Waals surface area contributed by atoms with E-state index in [1.54, 1.807) is 0 Å². The monoisotopic (exact) mass is 269 g/mol. The van der Waals surface area contributed by atoms with Crippen molar-refractivity contribution >= 4 is 0 Å². The molecule has 3 nitrogen and oxygen atoms in total. The van der Waals surface area contributed by atoms with Gasteiger partial charge in [0.15, 0.2) is 0 Å². The van der Waals surface area contributed by atoms with Crippen molar-refractivity contribution in [3.63, 3.8) is 0 Å². The normalized spacial score (nSPS) is 19.2. The first kappa shape index (κ1) is 13.4. The zero-order valence-corrected chi connectivity index (χ0v) is 12.6. The first-order valence-corrected chi connectivity index (χ1v) is 7.49. The minimum Gasteiger partial charge on any atom is -0.315 e. The Balaban J connectivity index is 1.95. The molecule has 0 aliphatic carbocycles. The fourth-order valence-corrected chi connectivity index (χ4v) is 3.11. The van der Waals surface area contributed by atoms with Gasteiger partial charge in [0.2, 0.25) is 0 Å². The van der Waals surface area contributed by atoms with E-state index in [0.717, 1.165) is 18.8 Å². The van der Waals surface area contributed by atoms with Gasteiger partial charge in [0.05, 0.1) is 11.7 Å². The summed E-state index contributed by atoms with van der Waals surface area (Å²) >= 11 is 0. The molecule has 0 radical (unpaired) electrons. The molecular weight excluding hydrogens is 246 g/mol. The summed E-state index contributed by atoms with van der Waals surface area (Å²) < 4.78 is 2.16. The highest BCUT2D eigenvalue weighted by Gasteiger charge is 2.18. The highest BCUT2D eigenvalue weighted by Crippen LogP contribution is 2.28. The van der Waals surface area contributed by atoms with Crippen LogP contribution in [0, 0.1) is 20.8 Å². The maximum Gasteiger partial charge on any atom is 0.0672 e. The predicted molar refractivity (Wildman–Crippen MR) is 83.0 cm³/mol. The van der Waals surface area contributed by atoms with Crippen LogP contribution in [0.4, 0.5) is 0 Å². The van der Waals surface area contributed by atoms with Crippen molar-refractivity contribution in [3.05, 3.63) is 41.2 Å².